The fourth-order valence-corrected chi connectivity index (χ4v) is 3.17. The summed E-state index contributed by atoms with van der Waals surface area (Å²) in [5.41, 5.74) is -0.635. The predicted molar refractivity (Wildman–Crippen MR) is 82.7 cm³/mol. The van der Waals surface area contributed by atoms with Gasteiger partial charge in [-0.15, -0.1) is 10.2 Å². The van der Waals surface area contributed by atoms with Gasteiger partial charge in [-0.1, -0.05) is 57.9 Å². The summed E-state index contributed by atoms with van der Waals surface area (Å²) in [7, 11) is 0. The fraction of sp³-hybridized carbons (Fsp3) is 0.0667. The molecule has 0 unspecified atom stereocenters. The number of benzene rings is 2. The first-order valence-corrected chi connectivity index (χ1v) is 7.33. The zero-order valence-corrected chi connectivity index (χ0v) is 13.2. The maximum Gasteiger partial charge on any atom is 0.417 e. The molecule has 0 N–H and O–H groups in total. The first-order chi connectivity index (χ1) is 10.4. The van der Waals surface area contributed by atoms with Gasteiger partial charge in [0.25, 0.3) is 0 Å². The monoisotopic (exact) mass is 386 g/mol. The lowest BCUT2D eigenvalue weighted by Gasteiger charge is -2.14. The van der Waals surface area contributed by atoms with Gasteiger partial charge in [0.15, 0.2) is 5.15 Å². The molecule has 0 saturated carbocycles. The Morgan fingerprint density at radius 3 is 2.41 bits per heavy atom. The summed E-state index contributed by atoms with van der Waals surface area (Å²) >= 11 is 9.36. The molecular weight excluding hydrogens is 381 g/mol. The molecule has 0 atom stereocenters. The zero-order chi connectivity index (χ0) is 15.9. The maximum atomic E-state index is 13.2. The summed E-state index contributed by atoms with van der Waals surface area (Å²) in [6.07, 6.45) is -4.48. The molecule has 0 saturated heterocycles. The van der Waals surface area contributed by atoms with Crippen molar-refractivity contribution in [3.63, 3.8) is 0 Å². The SMILES string of the molecule is FC(F)(F)c1ccccc1-c1nnc(Cl)c2c(Br)cccc12. The number of fused-ring (bicyclic) bond motifs is 1. The molecule has 0 amide bonds. The Balaban J connectivity index is 2.39. The molecule has 0 spiro atoms. The van der Waals surface area contributed by atoms with Gasteiger partial charge in [0, 0.05) is 20.8 Å². The van der Waals surface area contributed by atoms with E-state index in [1.54, 1.807) is 18.2 Å². The van der Waals surface area contributed by atoms with Crippen LogP contribution in [0, 0.1) is 0 Å². The minimum Gasteiger partial charge on any atom is -0.166 e. The van der Waals surface area contributed by atoms with E-state index in [0.29, 0.717) is 15.2 Å². The molecule has 112 valence electrons. The number of halogens is 5. The second-order valence-electron chi connectivity index (χ2n) is 4.55. The number of aromatic nitrogens is 2. The maximum absolute atomic E-state index is 13.2. The molecule has 0 aliphatic rings. The van der Waals surface area contributed by atoms with E-state index < -0.39 is 11.7 Å². The molecule has 7 heteroatoms. The lowest BCUT2D eigenvalue weighted by Crippen LogP contribution is -2.08. The average Bonchev–Trinajstić information content (AvgIpc) is 2.47. The van der Waals surface area contributed by atoms with E-state index in [9.17, 15) is 13.2 Å². The molecule has 0 bridgehead atoms. The molecule has 22 heavy (non-hydrogen) atoms. The number of hydrogen-bond acceptors (Lipinski definition) is 2. The Kier molecular flexibility index (Phi) is 3.82. The van der Waals surface area contributed by atoms with Crippen molar-refractivity contribution in [2.45, 2.75) is 6.18 Å². The summed E-state index contributed by atoms with van der Waals surface area (Å²) in [6.45, 7) is 0. The summed E-state index contributed by atoms with van der Waals surface area (Å²) in [5, 5.41) is 8.85. The third-order valence-electron chi connectivity index (χ3n) is 3.20. The van der Waals surface area contributed by atoms with Crippen molar-refractivity contribution in [3.05, 3.63) is 57.7 Å². The first kappa shape index (κ1) is 15.2. The highest BCUT2D eigenvalue weighted by molar-refractivity contribution is 9.10. The number of alkyl halides is 3. The van der Waals surface area contributed by atoms with E-state index in [0.717, 1.165) is 6.07 Å². The highest BCUT2D eigenvalue weighted by Gasteiger charge is 2.34. The quantitative estimate of drug-likeness (QED) is 0.533. The van der Waals surface area contributed by atoms with E-state index in [2.05, 4.69) is 26.1 Å². The van der Waals surface area contributed by atoms with Crippen molar-refractivity contribution < 1.29 is 13.2 Å². The van der Waals surface area contributed by atoms with Crippen LogP contribution in [0.4, 0.5) is 13.2 Å². The van der Waals surface area contributed by atoms with Crippen molar-refractivity contribution in [2.24, 2.45) is 0 Å². The summed E-state index contributed by atoms with van der Waals surface area (Å²) in [6, 6.07) is 10.4. The molecule has 1 heterocycles. The smallest absolute Gasteiger partial charge is 0.166 e. The van der Waals surface area contributed by atoms with Crippen LogP contribution in [0.15, 0.2) is 46.9 Å². The van der Waals surface area contributed by atoms with Crippen LogP contribution in [-0.2, 0) is 6.18 Å². The molecule has 1 aromatic heterocycles. The zero-order valence-electron chi connectivity index (χ0n) is 10.8. The molecule has 0 fully saturated rings. The van der Waals surface area contributed by atoms with Gasteiger partial charge >= 0.3 is 6.18 Å². The molecule has 3 rings (SSSR count). The van der Waals surface area contributed by atoms with E-state index in [1.807, 2.05) is 0 Å². The van der Waals surface area contributed by atoms with Crippen LogP contribution in [0.5, 0.6) is 0 Å². The third kappa shape index (κ3) is 2.57. The van der Waals surface area contributed by atoms with Gasteiger partial charge in [-0.2, -0.15) is 13.2 Å². The van der Waals surface area contributed by atoms with E-state index in [-0.39, 0.29) is 16.4 Å². The van der Waals surface area contributed by atoms with Crippen LogP contribution in [0.1, 0.15) is 5.56 Å². The molecule has 0 aliphatic carbocycles. The van der Waals surface area contributed by atoms with Crippen molar-refractivity contribution in [1.82, 2.24) is 10.2 Å². The van der Waals surface area contributed by atoms with Crippen LogP contribution in [0.2, 0.25) is 5.15 Å². The van der Waals surface area contributed by atoms with Gasteiger partial charge in [0.05, 0.1) is 5.56 Å². The Hall–Kier alpha value is -1.66. The lowest BCUT2D eigenvalue weighted by atomic mass is 10.00. The normalized spacial score (nSPS) is 11.9. The molecular formula is C15H7BrClF3N2. The highest BCUT2D eigenvalue weighted by atomic mass is 79.9. The van der Waals surface area contributed by atoms with E-state index >= 15 is 0 Å². The van der Waals surface area contributed by atoms with Gasteiger partial charge < -0.3 is 0 Å². The molecule has 3 aromatic rings. The van der Waals surface area contributed by atoms with E-state index in [4.69, 9.17) is 11.6 Å². The summed E-state index contributed by atoms with van der Waals surface area (Å²) in [4.78, 5) is 0. The van der Waals surface area contributed by atoms with Gasteiger partial charge in [0.2, 0.25) is 0 Å². The number of hydrogen-bond donors (Lipinski definition) is 0. The summed E-state index contributed by atoms with van der Waals surface area (Å²) < 4.78 is 40.3. The second kappa shape index (κ2) is 5.52. The van der Waals surface area contributed by atoms with Gasteiger partial charge in [-0.3, -0.25) is 0 Å². The van der Waals surface area contributed by atoms with Crippen molar-refractivity contribution in [3.8, 4) is 11.3 Å². The number of nitrogens with zero attached hydrogens (tertiary/aromatic N) is 2. The topological polar surface area (TPSA) is 25.8 Å². The molecule has 2 nitrogen and oxygen atoms in total. The van der Waals surface area contributed by atoms with Crippen LogP contribution in [-0.4, -0.2) is 10.2 Å². The predicted octanol–water partition coefficient (Wildman–Crippen LogP) is 5.73. The summed E-state index contributed by atoms with van der Waals surface area (Å²) in [5.74, 6) is 0. The van der Waals surface area contributed by atoms with Crippen LogP contribution in [0.3, 0.4) is 0 Å². The minimum atomic E-state index is -4.48. The van der Waals surface area contributed by atoms with Gasteiger partial charge in [-0.25, -0.2) is 0 Å². The fourth-order valence-electron chi connectivity index (χ4n) is 2.26. The van der Waals surface area contributed by atoms with E-state index in [1.165, 1.54) is 18.2 Å². The minimum absolute atomic E-state index is 0.0257. The van der Waals surface area contributed by atoms with Crippen LogP contribution >= 0.6 is 27.5 Å². The third-order valence-corrected chi connectivity index (χ3v) is 4.13. The van der Waals surface area contributed by atoms with Crippen molar-refractivity contribution >= 4 is 38.3 Å². The van der Waals surface area contributed by atoms with Crippen LogP contribution in [0.25, 0.3) is 22.0 Å². The van der Waals surface area contributed by atoms with Crippen LogP contribution < -0.4 is 0 Å². The lowest BCUT2D eigenvalue weighted by molar-refractivity contribution is -0.137. The number of rotatable bonds is 1. The largest absolute Gasteiger partial charge is 0.417 e. The Morgan fingerprint density at radius 2 is 1.68 bits per heavy atom. The van der Waals surface area contributed by atoms with Gasteiger partial charge in [-0.05, 0) is 12.1 Å². The molecule has 0 aliphatic heterocycles. The Bertz CT molecular complexity index is 857. The first-order valence-electron chi connectivity index (χ1n) is 6.16. The van der Waals surface area contributed by atoms with Crippen molar-refractivity contribution in [1.29, 1.82) is 0 Å². The molecule has 2 aromatic carbocycles. The van der Waals surface area contributed by atoms with Crippen molar-refractivity contribution in [2.75, 3.05) is 0 Å². The molecule has 0 radical (unpaired) electrons. The average molecular weight is 388 g/mol. The standard InChI is InChI=1S/C15H7BrClF3N2/c16-11-7-3-5-9-12(11)14(17)22-21-13(9)8-4-1-2-6-10(8)15(18,19)20/h1-7H. The van der Waals surface area contributed by atoms with Gasteiger partial charge in [0.1, 0.15) is 5.69 Å². The Morgan fingerprint density at radius 1 is 0.955 bits per heavy atom. The second-order valence-corrected chi connectivity index (χ2v) is 5.76. The highest BCUT2D eigenvalue weighted by Crippen LogP contribution is 2.40. The Labute approximate surface area is 137 Å².